The van der Waals surface area contributed by atoms with Crippen LogP contribution in [0.25, 0.3) is 0 Å². The summed E-state index contributed by atoms with van der Waals surface area (Å²) in [4.78, 5) is 14.6. The molecule has 1 aliphatic carbocycles. The third-order valence-electron chi connectivity index (χ3n) is 4.35. The van der Waals surface area contributed by atoms with Crippen molar-refractivity contribution in [1.29, 1.82) is 0 Å². The van der Waals surface area contributed by atoms with Gasteiger partial charge in [0.2, 0.25) is 0 Å². The summed E-state index contributed by atoms with van der Waals surface area (Å²) in [5.74, 6) is 0. The molecule has 20 heavy (non-hydrogen) atoms. The van der Waals surface area contributed by atoms with Crippen molar-refractivity contribution in [2.75, 3.05) is 7.11 Å². The average Bonchev–Trinajstić information content (AvgIpc) is 2.76. The molecule has 2 rings (SSSR count). The SMILES string of the molecule is COCc1[nH]c(C=O)c2c1CCCCCCCCCC2. The fourth-order valence-corrected chi connectivity index (χ4v) is 3.28. The lowest BCUT2D eigenvalue weighted by atomic mass is 9.95. The Morgan fingerprint density at radius 1 is 0.950 bits per heavy atom. The van der Waals surface area contributed by atoms with Crippen molar-refractivity contribution in [3.05, 3.63) is 22.5 Å². The first-order chi connectivity index (χ1) is 9.86. The zero-order valence-electron chi connectivity index (χ0n) is 12.7. The van der Waals surface area contributed by atoms with Crippen molar-refractivity contribution >= 4 is 6.29 Å². The van der Waals surface area contributed by atoms with Crippen LogP contribution in [0.1, 0.15) is 78.7 Å². The second kappa shape index (κ2) is 8.25. The highest BCUT2D eigenvalue weighted by atomic mass is 16.5. The standard InChI is InChI=1S/C17H27NO2/c1-20-13-17-15-11-9-7-5-3-2-4-6-8-10-14(15)16(12-19)18-17/h12,18H,2-11,13H2,1H3. The molecule has 1 aromatic heterocycles. The Kier molecular flexibility index (Phi) is 6.31. The molecule has 0 radical (unpaired) electrons. The van der Waals surface area contributed by atoms with Gasteiger partial charge in [0, 0.05) is 12.8 Å². The lowest BCUT2D eigenvalue weighted by molar-refractivity contribution is 0.111. The Hall–Kier alpha value is -1.09. The molecule has 0 amide bonds. The van der Waals surface area contributed by atoms with Gasteiger partial charge in [-0.25, -0.2) is 0 Å². The average molecular weight is 277 g/mol. The molecule has 0 aromatic carbocycles. The third kappa shape index (κ3) is 3.95. The number of methoxy groups -OCH3 is 1. The smallest absolute Gasteiger partial charge is 0.166 e. The van der Waals surface area contributed by atoms with Crippen LogP contribution in [0.2, 0.25) is 0 Å². The molecule has 0 fully saturated rings. The second-order valence-corrected chi connectivity index (χ2v) is 5.85. The summed E-state index contributed by atoms with van der Waals surface area (Å²) in [6.45, 7) is 0.580. The number of H-pyrrole nitrogens is 1. The molecule has 0 atom stereocenters. The number of fused-ring (bicyclic) bond motifs is 1. The zero-order valence-corrected chi connectivity index (χ0v) is 12.7. The van der Waals surface area contributed by atoms with Crippen molar-refractivity contribution in [3.8, 4) is 0 Å². The van der Waals surface area contributed by atoms with Gasteiger partial charge in [-0.1, -0.05) is 38.5 Å². The summed E-state index contributed by atoms with van der Waals surface area (Å²) in [7, 11) is 1.71. The van der Waals surface area contributed by atoms with Crippen molar-refractivity contribution < 1.29 is 9.53 Å². The molecule has 112 valence electrons. The van der Waals surface area contributed by atoms with Crippen LogP contribution in [-0.4, -0.2) is 18.4 Å². The van der Waals surface area contributed by atoms with Gasteiger partial charge < -0.3 is 9.72 Å². The van der Waals surface area contributed by atoms with Crippen LogP contribution < -0.4 is 0 Å². The van der Waals surface area contributed by atoms with Crippen LogP contribution in [0.4, 0.5) is 0 Å². The van der Waals surface area contributed by atoms with Crippen molar-refractivity contribution in [3.63, 3.8) is 0 Å². The van der Waals surface area contributed by atoms with E-state index in [0.717, 1.165) is 30.5 Å². The maximum atomic E-state index is 11.3. The lowest BCUT2D eigenvalue weighted by Gasteiger charge is -2.10. The van der Waals surface area contributed by atoms with E-state index in [0.29, 0.717) is 6.61 Å². The topological polar surface area (TPSA) is 42.1 Å². The van der Waals surface area contributed by atoms with Gasteiger partial charge in [-0.2, -0.15) is 0 Å². The molecular formula is C17H27NO2. The highest BCUT2D eigenvalue weighted by Crippen LogP contribution is 2.25. The summed E-state index contributed by atoms with van der Waals surface area (Å²) < 4.78 is 5.28. The van der Waals surface area contributed by atoms with Crippen molar-refractivity contribution in [2.45, 2.75) is 70.8 Å². The monoisotopic (exact) mass is 277 g/mol. The fourth-order valence-electron chi connectivity index (χ4n) is 3.28. The summed E-state index contributed by atoms with van der Waals surface area (Å²) in [6.07, 6.45) is 13.5. The van der Waals surface area contributed by atoms with E-state index in [1.54, 1.807) is 7.11 Å². The predicted molar refractivity (Wildman–Crippen MR) is 81.2 cm³/mol. The van der Waals surface area contributed by atoms with Crippen LogP contribution in [0.15, 0.2) is 0 Å². The number of aromatic nitrogens is 1. The van der Waals surface area contributed by atoms with E-state index in [4.69, 9.17) is 4.74 Å². The van der Waals surface area contributed by atoms with Crippen molar-refractivity contribution in [1.82, 2.24) is 4.98 Å². The predicted octanol–water partition coefficient (Wildman–Crippen LogP) is 4.19. The maximum absolute atomic E-state index is 11.3. The molecular weight excluding hydrogens is 250 g/mol. The van der Waals surface area contributed by atoms with E-state index >= 15 is 0 Å². The molecule has 1 aliphatic rings. The molecule has 0 saturated carbocycles. The first kappa shape index (κ1) is 15.3. The van der Waals surface area contributed by atoms with E-state index < -0.39 is 0 Å². The van der Waals surface area contributed by atoms with E-state index in [-0.39, 0.29) is 0 Å². The first-order valence-electron chi connectivity index (χ1n) is 8.03. The Morgan fingerprint density at radius 2 is 1.50 bits per heavy atom. The number of nitrogens with one attached hydrogen (secondary N) is 1. The normalized spacial score (nSPS) is 17.9. The van der Waals surface area contributed by atoms with Crippen LogP contribution >= 0.6 is 0 Å². The maximum Gasteiger partial charge on any atom is 0.166 e. The second-order valence-electron chi connectivity index (χ2n) is 5.85. The lowest BCUT2D eigenvalue weighted by Crippen LogP contribution is -1.99. The summed E-state index contributed by atoms with van der Waals surface area (Å²) >= 11 is 0. The minimum atomic E-state index is 0.580. The minimum absolute atomic E-state index is 0.580. The number of aromatic amines is 1. The Labute approximate surface area is 122 Å². The molecule has 3 heteroatoms. The minimum Gasteiger partial charge on any atom is -0.378 e. The largest absolute Gasteiger partial charge is 0.378 e. The van der Waals surface area contributed by atoms with Crippen LogP contribution in [0.3, 0.4) is 0 Å². The van der Waals surface area contributed by atoms with Gasteiger partial charge in [0.15, 0.2) is 6.29 Å². The highest BCUT2D eigenvalue weighted by molar-refractivity contribution is 5.76. The molecule has 0 spiro atoms. The molecule has 1 heterocycles. The molecule has 0 saturated heterocycles. The number of ether oxygens (including phenoxy) is 1. The number of hydrogen-bond acceptors (Lipinski definition) is 2. The van der Waals surface area contributed by atoms with Crippen molar-refractivity contribution in [2.24, 2.45) is 0 Å². The number of hydrogen-bond donors (Lipinski definition) is 1. The van der Waals surface area contributed by atoms with Gasteiger partial charge in [-0.15, -0.1) is 0 Å². The number of carbonyl (C=O) groups is 1. The zero-order chi connectivity index (χ0) is 14.2. The van der Waals surface area contributed by atoms with E-state index in [9.17, 15) is 4.79 Å². The fraction of sp³-hybridized carbons (Fsp3) is 0.706. The van der Waals surface area contributed by atoms with Gasteiger partial charge in [-0.3, -0.25) is 4.79 Å². The Morgan fingerprint density at radius 3 is 2.05 bits per heavy atom. The molecule has 0 unspecified atom stereocenters. The van der Waals surface area contributed by atoms with Gasteiger partial charge in [0.25, 0.3) is 0 Å². The first-order valence-corrected chi connectivity index (χ1v) is 8.03. The molecule has 0 aliphatic heterocycles. The van der Waals surface area contributed by atoms with Crippen LogP contribution in [-0.2, 0) is 24.2 Å². The van der Waals surface area contributed by atoms with Gasteiger partial charge in [0.1, 0.15) is 0 Å². The Balaban J connectivity index is 2.21. The number of aldehydes is 1. The van der Waals surface area contributed by atoms with Crippen LogP contribution in [0, 0.1) is 0 Å². The summed E-state index contributed by atoms with van der Waals surface area (Å²) in [6, 6.07) is 0. The van der Waals surface area contributed by atoms with Gasteiger partial charge >= 0.3 is 0 Å². The van der Waals surface area contributed by atoms with Gasteiger partial charge in [-0.05, 0) is 36.8 Å². The third-order valence-corrected chi connectivity index (χ3v) is 4.35. The molecule has 1 N–H and O–H groups in total. The summed E-state index contributed by atoms with van der Waals surface area (Å²) in [5, 5.41) is 0. The molecule has 0 bridgehead atoms. The summed E-state index contributed by atoms with van der Waals surface area (Å²) in [5.41, 5.74) is 4.51. The molecule has 1 aromatic rings. The number of carbonyl (C=O) groups excluding carboxylic acids is 1. The quantitative estimate of drug-likeness (QED) is 0.842. The highest BCUT2D eigenvalue weighted by Gasteiger charge is 2.16. The van der Waals surface area contributed by atoms with E-state index in [2.05, 4.69) is 4.98 Å². The number of rotatable bonds is 3. The Bertz CT molecular complexity index is 423. The van der Waals surface area contributed by atoms with Crippen LogP contribution in [0.5, 0.6) is 0 Å². The molecule has 3 nitrogen and oxygen atoms in total. The van der Waals surface area contributed by atoms with E-state index in [1.165, 1.54) is 62.5 Å². The van der Waals surface area contributed by atoms with Gasteiger partial charge in [0.05, 0.1) is 12.3 Å². The van der Waals surface area contributed by atoms with E-state index in [1.807, 2.05) is 0 Å².